The molecule has 2 aromatic carbocycles. The van der Waals surface area contributed by atoms with Gasteiger partial charge in [0, 0.05) is 35.3 Å². The van der Waals surface area contributed by atoms with Gasteiger partial charge in [-0.15, -0.1) is 0 Å². The highest BCUT2D eigenvalue weighted by Crippen LogP contribution is 2.30. The number of carbonyl (C=O) groups excluding carboxylic acids is 2. The monoisotopic (exact) mass is 426 g/mol. The summed E-state index contributed by atoms with van der Waals surface area (Å²) in [6.07, 6.45) is 2.52. The Morgan fingerprint density at radius 1 is 1.17 bits per heavy atom. The standard InChI is InChI=1S/C23H20ClFN2O3/c1-27(12-16-17(24)8-5-9-18(16)25)21(28)13-30-23(29)22-14-6-2-3-10-19(14)26-20-11-4-7-15(20)22/h2-3,5-6,8-10H,4,7,11-13H2,1H3. The number of esters is 1. The summed E-state index contributed by atoms with van der Waals surface area (Å²) in [6, 6.07) is 11.8. The minimum absolute atomic E-state index is 0.0184. The molecule has 7 heteroatoms. The van der Waals surface area contributed by atoms with E-state index < -0.39 is 24.3 Å². The Bertz CT molecular complexity index is 1130. The molecule has 30 heavy (non-hydrogen) atoms. The number of hydrogen-bond acceptors (Lipinski definition) is 4. The van der Waals surface area contributed by atoms with Crippen LogP contribution in [0.15, 0.2) is 42.5 Å². The SMILES string of the molecule is CN(Cc1c(F)cccc1Cl)C(=O)COC(=O)c1c2c(nc3ccccc13)CCC2. The van der Waals surface area contributed by atoms with E-state index in [1.54, 1.807) is 6.07 Å². The number of ether oxygens (including phenoxy) is 1. The maximum atomic E-state index is 14.0. The van der Waals surface area contributed by atoms with E-state index in [0.717, 1.165) is 41.4 Å². The van der Waals surface area contributed by atoms with E-state index in [2.05, 4.69) is 4.98 Å². The number of benzene rings is 2. The van der Waals surface area contributed by atoms with Crippen molar-refractivity contribution in [3.8, 4) is 0 Å². The number of para-hydroxylation sites is 1. The minimum atomic E-state index is -0.544. The molecule has 0 spiro atoms. The lowest BCUT2D eigenvalue weighted by Crippen LogP contribution is -2.31. The normalized spacial score (nSPS) is 12.6. The molecule has 0 saturated carbocycles. The second-order valence-electron chi connectivity index (χ2n) is 7.31. The van der Waals surface area contributed by atoms with Crippen LogP contribution in [-0.2, 0) is 28.9 Å². The van der Waals surface area contributed by atoms with E-state index in [4.69, 9.17) is 16.3 Å². The molecule has 1 heterocycles. The average molecular weight is 427 g/mol. The highest BCUT2D eigenvalue weighted by atomic mass is 35.5. The Kier molecular flexibility index (Phi) is 5.68. The summed E-state index contributed by atoms with van der Waals surface area (Å²) in [4.78, 5) is 31.3. The first kappa shape index (κ1) is 20.3. The van der Waals surface area contributed by atoms with Gasteiger partial charge < -0.3 is 9.64 Å². The molecule has 0 saturated heterocycles. The Balaban J connectivity index is 1.50. The minimum Gasteiger partial charge on any atom is -0.452 e. The van der Waals surface area contributed by atoms with Crippen molar-refractivity contribution in [2.24, 2.45) is 0 Å². The van der Waals surface area contributed by atoms with Gasteiger partial charge in [-0.1, -0.05) is 35.9 Å². The fourth-order valence-corrected chi connectivity index (χ4v) is 3.99. The fourth-order valence-electron chi connectivity index (χ4n) is 3.76. The third-order valence-corrected chi connectivity index (χ3v) is 5.69. The summed E-state index contributed by atoms with van der Waals surface area (Å²) >= 11 is 6.03. The molecule has 3 aromatic rings. The second kappa shape index (κ2) is 8.40. The molecule has 1 amide bonds. The van der Waals surface area contributed by atoms with E-state index >= 15 is 0 Å². The third-order valence-electron chi connectivity index (χ3n) is 5.33. The quantitative estimate of drug-likeness (QED) is 0.570. The highest BCUT2D eigenvalue weighted by Gasteiger charge is 2.25. The van der Waals surface area contributed by atoms with E-state index in [9.17, 15) is 14.0 Å². The van der Waals surface area contributed by atoms with Gasteiger partial charge in [0.2, 0.25) is 0 Å². The van der Waals surface area contributed by atoms with Crippen molar-refractivity contribution in [2.45, 2.75) is 25.8 Å². The summed E-state index contributed by atoms with van der Waals surface area (Å²) in [7, 11) is 1.51. The average Bonchev–Trinajstić information content (AvgIpc) is 3.20. The Labute approximate surface area is 178 Å². The van der Waals surface area contributed by atoms with E-state index in [0.29, 0.717) is 5.56 Å². The number of aromatic nitrogens is 1. The number of nitrogens with zero attached hydrogens (tertiary/aromatic N) is 2. The predicted molar refractivity (Wildman–Crippen MR) is 112 cm³/mol. The number of likely N-dealkylation sites (N-methyl/N-ethyl adjacent to an activating group) is 1. The third kappa shape index (κ3) is 3.87. The van der Waals surface area contributed by atoms with Gasteiger partial charge in [-0.3, -0.25) is 9.78 Å². The van der Waals surface area contributed by atoms with Gasteiger partial charge in [-0.2, -0.15) is 0 Å². The molecular formula is C23H20ClFN2O3. The molecule has 1 aliphatic rings. The number of aryl methyl sites for hydroxylation is 1. The van der Waals surface area contributed by atoms with Crippen molar-refractivity contribution in [3.05, 3.63) is 75.7 Å². The smallest absolute Gasteiger partial charge is 0.339 e. The lowest BCUT2D eigenvalue weighted by atomic mass is 10.0. The Morgan fingerprint density at radius 3 is 2.77 bits per heavy atom. The molecule has 0 atom stereocenters. The molecule has 1 aliphatic carbocycles. The summed E-state index contributed by atoms with van der Waals surface area (Å²) in [5.74, 6) is -1.48. The van der Waals surface area contributed by atoms with Crippen LogP contribution in [0.25, 0.3) is 10.9 Å². The van der Waals surface area contributed by atoms with Crippen molar-refractivity contribution >= 4 is 34.4 Å². The zero-order valence-electron chi connectivity index (χ0n) is 16.5. The predicted octanol–water partition coefficient (Wildman–Crippen LogP) is 4.33. The Morgan fingerprint density at radius 2 is 1.97 bits per heavy atom. The molecular weight excluding hydrogens is 407 g/mol. The zero-order chi connectivity index (χ0) is 21.3. The van der Waals surface area contributed by atoms with Gasteiger partial charge in [0.1, 0.15) is 5.82 Å². The summed E-state index contributed by atoms with van der Waals surface area (Å²) in [6.45, 7) is -0.456. The molecule has 5 nitrogen and oxygen atoms in total. The van der Waals surface area contributed by atoms with Crippen LogP contribution < -0.4 is 0 Å². The van der Waals surface area contributed by atoms with Crippen LogP contribution in [0.4, 0.5) is 4.39 Å². The van der Waals surface area contributed by atoms with Gasteiger partial charge in [0.05, 0.1) is 11.1 Å². The lowest BCUT2D eigenvalue weighted by molar-refractivity contribution is -0.133. The molecule has 4 rings (SSSR count). The largest absolute Gasteiger partial charge is 0.452 e. The number of fused-ring (bicyclic) bond motifs is 2. The van der Waals surface area contributed by atoms with Crippen molar-refractivity contribution in [2.75, 3.05) is 13.7 Å². The van der Waals surface area contributed by atoms with Crippen molar-refractivity contribution in [1.29, 1.82) is 0 Å². The molecule has 0 unspecified atom stereocenters. The van der Waals surface area contributed by atoms with Gasteiger partial charge in [-0.25, -0.2) is 9.18 Å². The molecule has 0 fully saturated rings. The van der Waals surface area contributed by atoms with Crippen molar-refractivity contribution in [1.82, 2.24) is 9.88 Å². The van der Waals surface area contributed by atoms with Crippen LogP contribution in [0.1, 0.15) is 33.6 Å². The maximum absolute atomic E-state index is 14.0. The van der Waals surface area contributed by atoms with Gasteiger partial charge in [0.15, 0.2) is 6.61 Å². The number of rotatable bonds is 5. The van der Waals surface area contributed by atoms with Gasteiger partial charge in [0.25, 0.3) is 5.91 Å². The number of pyridine rings is 1. The highest BCUT2D eigenvalue weighted by molar-refractivity contribution is 6.31. The van der Waals surface area contributed by atoms with Crippen LogP contribution in [0, 0.1) is 5.82 Å². The first-order chi connectivity index (χ1) is 14.5. The maximum Gasteiger partial charge on any atom is 0.339 e. The van der Waals surface area contributed by atoms with Crippen LogP contribution in [0.3, 0.4) is 0 Å². The zero-order valence-corrected chi connectivity index (χ0v) is 17.2. The van der Waals surface area contributed by atoms with Crippen LogP contribution in [0.2, 0.25) is 5.02 Å². The van der Waals surface area contributed by atoms with E-state index in [1.165, 1.54) is 24.1 Å². The Hall–Kier alpha value is -2.99. The molecule has 0 bridgehead atoms. The van der Waals surface area contributed by atoms with Crippen molar-refractivity contribution < 1.29 is 18.7 Å². The fraction of sp³-hybridized carbons (Fsp3) is 0.261. The number of amides is 1. The molecule has 0 radical (unpaired) electrons. The van der Waals surface area contributed by atoms with Crippen LogP contribution in [-0.4, -0.2) is 35.4 Å². The summed E-state index contributed by atoms with van der Waals surface area (Å²) in [5, 5.41) is 0.965. The van der Waals surface area contributed by atoms with Crippen LogP contribution in [0.5, 0.6) is 0 Å². The number of hydrogen-bond donors (Lipinski definition) is 0. The molecule has 0 aliphatic heterocycles. The second-order valence-corrected chi connectivity index (χ2v) is 7.72. The van der Waals surface area contributed by atoms with Crippen molar-refractivity contribution in [3.63, 3.8) is 0 Å². The summed E-state index contributed by atoms with van der Waals surface area (Å²) < 4.78 is 19.3. The lowest BCUT2D eigenvalue weighted by Gasteiger charge is -2.19. The topological polar surface area (TPSA) is 59.5 Å². The first-order valence-corrected chi connectivity index (χ1v) is 10.1. The molecule has 1 aromatic heterocycles. The van der Waals surface area contributed by atoms with Gasteiger partial charge >= 0.3 is 5.97 Å². The van der Waals surface area contributed by atoms with E-state index in [-0.39, 0.29) is 17.1 Å². The molecule has 0 N–H and O–H groups in total. The van der Waals surface area contributed by atoms with E-state index in [1.807, 2.05) is 24.3 Å². The number of halogens is 2. The van der Waals surface area contributed by atoms with Gasteiger partial charge in [-0.05, 0) is 43.0 Å². The van der Waals surface area contributed by atoms with Crippen LogP contribution >= 0.6 is 11.6 Å². The molecule has 154 valence electrons. The first-order valence-electron chi connectivity index (χ1n) is 9.70. The number of carbonyl (C=O) groups is 2. The summed E-state index contributed by atoms with van der Waals surface area (Å²) in [5.41, 5.74) is 3.26.